The van der Waals surface area contributed by atoms with Gasteiger partial charge in [0.25, 0.3) is 0 Å². The van der Waals surface area contributed by atoms with Crippen molar-refractivity contribution in [1.29, 1.82) is 0 Å². The van der Waals surface area contributed by atoms with Crippen LogP contribution in [0, 0.1) is 6.92 Å². The second kappa shape index (κ2) is 7.94. The Morgan fingerprint density at radius 1 is 1.10 bits per heavy atom. The number of imidazole rings is 1. The van der Waals surface area contributed by atoms with E-state index in [2.05, 4.69) is 30.2 Å². The van der Waals surface area contributed by atoms with E-state index in [1.807, 2.05) is 48.0 Å². The fraction of sp³-hybridized carbons (Fsp3) is 0.182. The number of nitrogens with one attached hydrogen (secondary N) is 1. The van der Waals surface area contributed by atoms with Crippen molar-refractivity contribution in [2.75, 3.05) is 30.5 Å². The van der Waals surface area contributed by atoms with Gasteiger partial charge in [0.1, 0.15) is 23.9 Å². The molecule has 9 nitrogen and oxygen atoms in total. The lowest BCUT2D eigenvalue weighted by Crippen LogP contribution is -2.29. The monoisotopic (exact) mass is 415 g/mol. The Labute approximate surface area is 179 Å². The molecule has 1 aromatic carbocycles. The van der Waals surface area contributed by atoms with E-state index in [4.69, 9.17) is 9.47 Å². The molecule has 0 fully saturated rings. The van der Waals surface area contributed by atoms with Crippen molar-refractivity contribution in [2.45, 2.75) is 6.92 Å². The maximum atomic E-state index is 5.74. The average Bonchev–Trinajstić information content (AvgIpc) is 3.25. The standard InChI is InChI=1S/C22H21N7O2/c1-15-13-28(14-25-15)17-11-23-20(10-18(17)30-2)26-22-24-12-19-21(27-22)29(8-9-31-19)16-6-4-3-5-7-16/h3-7,10-14H,8-9H2,1-2H3,(H,23,24,26,27). The van der Waals surface area contributed by atoms with Crippen molar-refractivity contribution < 1.29 is 9.47 Å². The van der Waals surface area contributed by atoms with Crippen LogP contribution in [0.15, 0.2) is 61.3 Å². The van der Waals surface area contributed by atoms with Gasteiger partial charge in [-0.05, 0) is 19.1 Å². The first-order valence-corrected chi connectivity index (χ1v) is 9.86. The van der Waals surface area contributed by atoms with Crippen molar-refractivity contribution in [1.82, 2.24) is 24.5 Å². The van der Waals surface area contributed by atoms with E-state index < -0.39 is 0 Å². The van der Waals surface area contributed by atoms with Gasteiger partial charge in [0.15, 0.2) is 11.6 Å². The number of rotatable bonds is 5. The van der Waals surface area contributed by atoms with E-state index in [0.29, 0.717) is 42.2 Å². The van der Waals surface area contributed by atoms with Crippen LogP contribution in [0.4, 0.5) is 23.3 Å². The van der Waals surface area contributed by atoms with Gasteiger partial charge >= 0.3 is 0 Å². The fourth-order valence-electron chi connectivity index (χ4n) is 3.45. The number of nitrogens with zero attached hydrogens (tertiary/aromatic N) is 6. The molecule has 31 heavy (non-hydrogen) atoms. The predicted octanol–water partition coefficient (Wildman–Crippen LogP) is 3.65. The smallest absolute Gasteiger partial charge is 0.230 e. The number of methoxy groups -OCH3 is 1. The lowest BCUT2D eigenvalue weighted by atomic mass is 10.2. The highest BCUT2D eigenvalue weighted by Gasteiger charge is 2.22. The van der Waals surface area contributed by atoms with Gasteiger partial charge in [0.05, 0.1) is 38.1 Å². The summed E-state index contributed by atoms with van der Waals surface area (Å²) in [4.78, 5) is 19.9. The van der Waals surface area contributed by atoms with Crippen molar-refractivity contribution in [2.24, 2.45) is 0 Å². The highest BCUT2D eigenvalue weighted by atomic mass is 16.5. The number of fused-ring (bicyclic) bond motifs is 1. The summed E-state index contributed by atoms with van der Waals surface area (Å²) in [5.41, 5.74) is 2.76. The third-order valence-electron chi connectivity index (χ3n) is 4.93. The predicted molar refractivity (Wildman–Crippen MR) is 117 cm³/mol. The molecule has 4 aromatic rings. The summed E-state index contributed by atoms with van der Waals surface area (Å²) in [6, 6.07) is 11.9. The molecule has 0 saturated carbocycles. The first-order valence-electron chi connectivity index (χ1n) is 9.86. The number of aromatic nitrogens is 5. The van der Waals surface area contributed by atoms with Gasteiger partial charge in [0.2, 0.25) is 5.95 Å². The molecule has 156 valence electrons. The molecule has 1 aliphatic heterocycles. The third-order valence-corrected chi connectivity index (χ3v) is 4.93. The summed E-state index contributed by atoms with van der Waals surface area (Å²) in [6.07, 6.45) is 7.05. The summed E-state index contributed by atoms with van der Waals surface area (Å²) >= 11 is 0. The van der Waals surface area contributed by atoms with Crippen molar-refractivity contribution >= 4 is 23.3 Å². The molecule has 1 aliphatic rings. The van der Waals surface area contributed by atoms with Crippen LogP contribution in [-0.2, 0) is 0 Å². The Hall–Kier alpha value is -4.14. The number of anilines is 4. The Morgan fingerprint density at radius 2 is 1.97 bits per heavy atom. The van der Waals surface area contributed by atoms with Crippen LogP contribution >= 0.6 is 0 Å². The minimum Gasteiger partial charge on any atom is -0.494 e. The summed E-state index contributed by atoms with van der Waals surface area (Å²) in [7, 11) is 1.62. The Morgan fingerprint density at radius 3 is 2.74 bits per heavy atom. The molecule has 0 unspecified atom stereocenters. The first kappa shape index (κ1) is 18.9. The molecule has 0 radical (unpaired) electrons. The van der Waals surface area contributed by atoms with E-state index >= 15 is 0 Å². The van der Waals surface area contributed by atoms with Crippen LogP contribution in [0.25, 0.3) is 5.69 Å². The number of hydrogen-bond acceptors (Lipinski definition) is 8. The molecule has 9 heteroatoms. The second-order valence-corrected chi connectivity index (χ2v) is 7.01. The summed E-state index contributed by atoms with van der Waals surface area (Å²) in [5.74, 6) is 3.01. The number of ether oxygens (including phenoxy) is 2. The molecule has 0 spiro atoms. The first-order chi connectivity index (χ1) is 15.2. The van der Waals surface area contributed by atoms with E-state index in [9.17, 15) is 0 Å². The van der Waals surface area contributed by atoms with Crippen LogP contribution in [0.3, 0.4) is 0 Å². The van der Waals surface area contributed by atoms with Crippen LogP contribution in [0.2, 0.25) is 0 Å². The topological polar surface area (TPSA) is 90.2 Å². The summed E-state index contributed by atoms with van der Waals surface area (Å²) < 4.78 is 13.2. The lowest BCUT2D eigenvalue weighted by molar-refractivity contribution is 0.310. The molecule has 5 rings (SSSR count). The summed E-state index contributed by atoms with van der Waals surface area (Å²) in [5, 5.41) is 3.16. The highest BCUT2D eigenvalue weighted by Crippen LogP contribution is 2.35. The van der Waals surface area contributed by atoms with Gasteiger partial charge in [-0.25, -0.2) is 15.0 Å². The molecule has 0 amide bonds. The van der Waals surface area contributed by atoms with Gasteiger partial charge in [-0.3, -0.25) is 0 Å². The van der Waals surface area contributed by atoms with Gasteiger partial charge in [-0.15, -0.1) is 0 Å². The Balaban J connectivity index is 1.44. The normalized spacial score (nSPS) is 12.8. The van der Waals surface area contributed by atoms with E-state index in [1.54, 1.807) is 31.9 Å². The van der Waals surface area contributed by atoms with E-state index in [-0.39, 0.29) is 0 Å². The van der Waals surface area contributed by atoms with Crippen LogP contribution < -0.4 is 19.7 Å². The molecule has 1 N–H and O–H groups in total. The lowest BCUT2D eigenvalue weighted by Gasteiger charge is -2.30. The zero-order valence-electron chi connectivity index (χ0n) is 17.2. The quantitative estimate of drug-likeness (QED) is 0.528. The molecular weight excluding hydrogens is 394 g/mol. The van der Waals surface area contributed by atoms with Crippen molar-refractivity contribution in [3.8, 4) is 17.2 Å². The molecule has 3 aromatic heterocycles. The number of pyridine rings is 1. The largest absolute Gasteiger partial charge is 0.494 e. The van der Waals surface area contributed by atoms with Gasteiger partial charge in [-0.1, -0.05) is 18.2 Å². The van der Waals surface area contributed by atoms with Crippen LogP contribution in [0.1, 0.15) is 5.69 Å². The summed E-state index contributed by atoms with van der Waals surface area (Å²) in [6.45, 7) is 3.22. The zero-order valence-corrected chi connectivity index (χ0v) is 17.2. The fourth-order valence-corrected chi connectivity index (χ4v) is 3.45. The zero-order chi connectivity index (χ0) is 21.2. The van der Waals surface area contributed by atoms with Crippen molar-refractivity contribution in [3.63, 3.8) is 0 Å². The van der Waals surface area contributed by atoms with E-state index in [0.717, 1.165) is 17.1 Å². The number of aryl methyl sites for hydroxylation is 1. The molecule has 0 bridgehead atoms. The number of benzene rings is 1. The number of hydrogen-bond donors (Lipinski definition) is 1. The third kappa shape index (κ3) is 3.73. The molecule has 4 heterocycles. The maximum absolute atomic E-state index is 5.74. The van der Waals surface area contributed by atoms with Gasteiger partial charge in [0, 0.05) is 18.0 Å². The van der Waals surface area contributed by atoms with Crippen LogP contribution in [0.5, 0.6) is 11.5 Å². The molecule has 0 saturated heterocycles. The van der Waals surface area contributed by atoms with E-state index in [1.165, 1.54) is 0 Å². The Bertz CT molecular complexity index is 1210. The highest BCUT2D eigenvalue weighted by molar-refractivity contribution is 5.68. The molecule has 0 atom stereocenters. The van der Waals surface area contributed by atoms with Crippen molar-refractivity contribution in [3.05, 3.63) is 67.0 Å². The maximum Gasteiger partial charge on any atom is 0.230 e. The Kier molecular flexibility index (Phi) is 4.83. The molecular formula is C22H21N7O2. The average molecular weight is 415 g/mol. The minimum absolute atomic E-state index is 0.422. The van der Waals surface area contributed by atoms with Crippen LogP contribution in [-0.4, -0.2) is 44.8 Å². The van der Waals surface area contributed by atoms with Gasteiger partial charge < -0.3 is 24.3 Å². The van der Waals surface area contributed by atoms with Gasteiger partial charge in [-0.2, -0.15) is 4.98 Å². The SMILES string of the molecule is COc1cc(Nc2ncc3c(n2)N(c2ccccc2)CCO3)ncc1-n1cnc(C)c1. The number of para-hydroxylation sites is 1. The second-order valence-electron chi connectivity index (χ2n) is 7.01. The molecule has 0 aliphatic carbocycles. The minimum atomic E-state index is 0.422.